The van der Waals surface area contributed by atoms with E-state index < -0.39 is 12.1 Å². The molecule has 0 fully saturated rings. The van der Waals surface area contributed by atoms with Crippen LogP contribution in [0.15, 0.2) is 59.7 Å². The topological polar surface area (TPSA) is 95.3 Å². The summed E-state index contributed by atoms with van der Waals surface area (Å²) in [4.78, 5) is 13.2. The third kappa shape index (κ3) is 4.85. The van der Waals surface area contributed by atoms with E-state index in [1.165, 1.54) is 0 Å². The van der Waals surface area contributed by atoms with Crippen LogP contribution in [-0.2, 0) is 11.2 Å². The third-order valence-corrected chi connectivity index (χ3v) is 3.34. The van der Waals surface area contributed by atoms with Gasteiger partial charge in [-0.3, -0.25) is 0 Å². The Hall–Kier alpha value is -2.82. The van der Waals surface area contributed by atoms with Gasteiger partial charge in [-0.15, -0.1) is 0 Å². The molecule has 0 heterocycles. The molecule has 0 radical (unpaired) electrons. The molecule has 0 aliphatic heterocycles. The molecule has 0 saturated heterocycles. The number of aliphatic hydroxyl groups excluding tert-OH is 1. The molecular weight excluding hydrogens is 294 g/mol. The Morgan fingerprint density at radius 1 is 1.17 bits per heavy atom. The lowest BCUT2D eigenvalue weighted by molar-refractivity contribution is -0.107. The Bertz CT molecular complexity index is 667. The highest BCUT2D eigenvalue weighted by atomic mass is 16.5. The molecule has 1 N–H and O–H groups in total. The van der Waals surface area contributed by atoms with Crippen LogP contribution in [0.25, 0.3) is 10.4 Å². The van der Waals surface area contributed by atoms with Crippen molar-refractivity contribution < 1.29 is 14.6 Å². The Balaban J connectivity index is 2.00. The summed E-state index contributed by atoms with van der Waals surface area (Å²) in [5.74, 6) is 0.575. The van der Waals surface area contributed by atoms with Gasteiger partial charge < -0.3 is 14.6 Å². The lowest BCUT2D eigenvalue weighted by atomic mass is 10.0. The van der Waals surface area contributed by atoms with Crippen molar-refractivity contribution in [1.82, 2.24) is 0 Å². The van der Waals surface area contributed by atoms with Gasteiger partial charge in [-0.2, -0.15) is 0 Å². The summed E-state index contributed by atoms with van der Waals surface area (Å²) in [5.41, 5.74) is 10.3. The zero-order chi connectivity index (χ0) is 16.5. The maximum atomic E-state index is 10.4. The SMILES string of the molecule is [N-]=[N+]=N[C@H](c1ccccc1)[C@H](O)COc1ccc(CC=O)cc1. The fourth-order valence-electron chi connectivity index (χ4n) is 2.16. The fourth-order valence-corrected chi connectivity index (χ4v) is 2.16. The van der Waals surface area contributed by atoms with Crippen molar-refractivity contribution in [3.05, 3.63) is 76.2 Å². The van der Waals surface area contributed by atoms with E-state index in [2.05, 4.69) is 10.0 Å². The van der Waals surface area contributed by atoms with Crippen LogP contribution in [0.3, 0.4) is 0 Å². The molecule has 0 aliphatic rings. The number of hydrogen-bond donors (Lipinski definition) is 1. The minimum absolute atomic E-state index is 0.00833. The average Bonchev–Trinajstić information content (AvgIpc) is 2.60. The molecule has 2 atom stereocenters. The predicted octanol–water partition coefficient (Wildman–Crippen LogP) is 3.22. The van der Waals surface area contributed by atoms with E-state index in [1.54, 1.807) is 36.4 Å². The number of rotatable bonds is 8. The predicted molar refractivity (Wildman–Crippen MR) is 86.0 cm³/mol. The molecular formula is C17H17N3O3. The summed E-state index contributed by atoms with van der Waals surface area (Å²) in [5, 5.41) is 13.9. The second kappa shape index (κ2) is 8.58. The first-order valence-electron chi connectivity index (χ1n) is 7.17. The van der Waals surface area contributed by atoms with Crippen LogP contribution < -0.4 is 4.74 Å². The number of aldehydes is 1. The monoisotopic (exact) mass is 311 g/mol. The Morgan fingerprint density at radius 3 is 2.48 bits per heavy atom. The van der Waals surface area contributed by atoms with Crippen LogP contribution in [-0.4, -0.2) is 24.1 Å². The van der Waals surface area contributed by atoms with E-state index >= 15 is 0 Å². The highest BCUT2D eigenvalue weighted by Gasteiger charge is 2.20. The number of carbonyl (C=O) groups is 1. The smallest absolute Gasteiger partial charge is 0.124 e. The molecule has 2 aromatic carbocycles. The number of hydrogen-bond acceptors (Lipinski definition) is 4. The van der Waals surface area contributed by atoms with Crippen LogP contribution in [0, 0.1) is 0 Å². The highest BCUT2D eigenvalue weighted by molar-refractivity contribution is 5.55. The molecule has 0 spiro atoms. The molecule has 6 heteroatoms. The lowest BCUT2D eigenvalue weighted by Crippen LogP contribution is -2.24. The van der Waals surface area contributed by atoms with Gasteiger partial charge >= 0.3 is 0 Å². The number of nitrogens with zero attached hydrogens (tertiary/aromatic N) is 3. The molecule has 0 unspecified atom stereocenters. The van der Waals surface area contributed by atoms with Gasteiger partial charge in [0.15, 0.2) is 0 Å². The minimum atomic E-state index is -0.969. The molecule has 2 rings (SSSR count). The first-order valence-corrected chi connectivity index (χ1v) is 7.17. The van der Waals surface area contributed by atoms with Gasteiger partial charge in [0.25, 0.3) is 0 Å². The van der Waals surface area contributed by atoms with E-state index in [4.69, 9.17) is 10.3 Å². The number of ether oxygens (including phenoxy) is 1. The summed E-state index contributed by atoms with van der Waals surface area (Å²) in [6.07, 6.45) is 0.225. The molecule has 0 aromatic heterocycles. The van der Waals surface area contributed by atoms with Gasteiger partial charge in [0.05, 0.1) is 6.04 Å². The molecule has 0 bridgehead atoms. The highest BCUT2D eigenvalue weighted by Crippen LogP contribution is 2.22. The van der Waals surface area contributed by atoms with E-state index in [-0.39, 0.29) is 6.61 Å². The summed E-state index contributed by atoms with van der Waals surface area (Å²) >= 11 is 0. The van der Waals surface area contributed by atoms with Gasteiger partial charge in [0.1, 0.15) is 24.7 Å². The van der Waals surface area contributed by atoms with Crippen LogP contribution in [0.1, 0.15) is 17.2 Å². The molecule has 23 heavy (non-hydrogen) atoms. The number of azide groups is 1. The Morgan fingerprint density at radius 2 is 1.87 bits per heavy atom. The van der Waals surface area contributed by atoms with Crippen LogP contribution >= 0.6 is 0 Å². The fraction of sp³-hybridized carbons (Fsp3) is 0.235. The van der Waals surface area contributed by atoms with Crippen molar-refractivity contribution in [2.75, 3.05) is 6.61 Å². The van der Waals surface area contributed by atoms with Gasteiger partial charge in [0, 0.05) is 11.3 Å². The number of carbonyl (C=O) groups excluding carboxylic acids is 1. The van der Waals surface area contributed by atoms with Crippen molar-refractivity contribution >= 4 is 6.29 Å². The molecule has 0 saturated carbocycles. The van der Waals surface area contributed by atoms with Gasteiger partial charge in [-0.25, -0.2) is 0 Å². The molecule has 2 aromatic rings. The maximum Gasteiger partial charge on any atom is 0.124 e. The average molecular weight is 311 g/mol. The number of aliphatic hydroxyl groups is 1. The standard InChI is InChI=1S/C17H17N3O3/c18-20-19-17(14-4-2-1-3-5-14)16(22)12-23-15-8-6-13(7-9-15)10-11-21/h1-9,11,16-17,22H,10,12H2/t16-,17-/m1/s1. The second-order valence-electron chi connectivity index (χ2n) is 4.95. The first-order chi connectivity index (χ1) is 11.2. The van der Waals surface area contributed by atoms with Gasteiger partial charge in [-0.05, 0) is 28.8 Å². The van der Waals surface area contributed by atoms with Crippen LogP contribution in [0.5, 0.6) is 5.75 Å². The van der Waals surface area contributed by atoms with Crippen molar-refractivity contribution in [2.24, 2.45) is 5.11 Å². The normalized spacial score (nSPS) is 12.7. The van der Waals surface area contributed by atoms with Crippen molar-refractivity contribution in [3.63, 3.8) is 0 Å². The summed E-state index contributed by atoms with van der Waals surface area (Å²) in [6.45, 7) is -0.00833. The summed E-state index contributed by atoms with van der Waals surface area (Å²) in [6, 6.07) is 15.4. The zero-order valence-corrected chi connectivity index (χ0v) is 12.4. The summed E-state index contributed by atoms with van der Waals surface area (Å²) in [7, 11) is 0. The number of benzene rings is 2. The van der Waals surface area contributed by atoms with E-state index in [0.717, 1.165) is 17.4 Å². The third-order valence-electron chi connectivity index (χ3n) is 3.34. The lowest BCUT2D eigenvalue weighted by Gasteiger charge is -2.19. The van der Waals surface area contributed by atoms with Crippen LogP contribution in [0.4, 0.5) is 0 Å². The van der Waals surface area contributed by atoms with Gasteiger partial charge in [-0.1, -0.05) is 47.6 Å². The molecule has 118 valence electrons. The quantitative estimate of drug-likeness (QED) is 0.351. The minimum Gasteiger partial charge on any atom is -0.491 e. The molecule has 0 aliphatic carbocycles. The maximum absolute atomic E-state index is 10.4. The van der Waals surface area contributed by atoms with E-state index in [0.29, 0.717) is 12.2 Å². The molecule has 0 amide bonds. The first kappa shape index (κ1) is 16.5. The second-order valence-corrected chi connectivity index (χ2v) is 4.95. The largest absolute Gasteiger partial charge is 0.491 e. The Labute approximate surface area is 134 Å². The van der Waals surface area contributed by atoms with Gasteiger partial charge in [0.2, 0.25) is 0 Å². The van der Waals surface area contributed by atoms with Crippen molar-refractivity contribution in [2.45, 2.75) is 18.6 Å². The van der Waals surface area contributed by atoms with E-state index in [1.807, 2.05) is 18.2 Å². The summed E-state index contributed by atoms with van der Waals surface area (Å²) < 4.78 is 5.53. The van der Waals surface area contributed by atoms with E-state index in [9.17, 15) is 9.90 Å². The Kier molecular flexibility index (Phi) is 6.17. The van der Waals surface area contributed by atoms with Crippen LogP contribution in [0.2, 0.25) is 0 Å². The van der Waals surface area contributed by atoms with Crippen molar-refractivity contribution in [1.29, 1.82) is 0 Å². The molecule has 6 nitrogen and oxygen atoms in total. The van der Waals surface area contributed by atoms with Crippen molar-refractivity contribution in [3.8, 4) is 5.75 Å². The zero-order valence-electron chi connectivity index (χ0n) is 12.4.